The van der Waals surface area contributed by atoms with Crippen LogP contribution in [0.4, 0.5) is 0 Å². The van der Waals surface area contributed by atoms with Gasteiger partial charge in [-0.3, -0.25) is 0 Å². The number of hydrogen-bond acceptors (Lipinski definition) is 2. The Labute approximate surface area is 92.7 Å². The predicted octanol–water partition coefficient (Wildman–Crippen LogP) is 2.62. The highest BCUT2D eigenvalue weighted by Gasteiger charge is 2.50. The molecule has 2 aliphatic rings. The summed E-state index contributed by atoms with van der Waals surface area (Å²) < 4.78 is 0. The molecule has 2 saturated carbocycles. The molecule has 15 heavy (non-hydrogen) atoms. The molecule has 0 aromatic heterocycles. The first-order valence-corrected chi connectivity index (χ1v) is 6.56. The summed E-state index contributed by atoms with van der Waals surface area (Å²) in [6.45, 7) is 0.137. The van der Waals surface area contributed by atoms with Crippen molar-refractivity contribution in [2.45, 2.75) is 69.8 Å². The van der Waals surface area contributed by atoms with Crippen LogP contribution in [0.3, 0.4) is 0 Å². The van der Waals surface area contributed by atoms with E-state index in [2.05, 4.69) is 0 Å². The predicted molar refractivity (Wildman–Crippen MR) is 60.6 cm³/mol. The van der Waals surface area contributed by atoms with Crippen LogP contribution in [-0.4, -0.2) is 22.4 Å². The van der Waals surface area contributed by atoms with E-state index < -0.39 is 5.60 Å². The SMILES string of the molecule is OCCC1(O)CCCCC12CCCCC2. The lowest BCUT2D eigenvalue weighted by atomic mass is 9.56. The highest BCUT2D eigenvalue weighted by molar-refractivity contribution is 5.02. The van der Waals surface area contributed by atoms with Crippen LogP contribution < -0.4 is 0 Å². The molecule has 88 valence electrons. The van der Waals surface area contributed by atoms with Gasteiger partial charge in [0.05, 0.1) is 5.60 Å². The molecule has 0 heterocycles. The quantitative estimate of drug-likeness (QED) is 0.738. The molecule has 0 aromatic rings. The van der Waals surface area contributed by atoms with Crippen LogP contribution in [-0.2, 0) is 0 Å². The molecule has 0 aliphatic heterocycles. The Hall–Kier alpha value is -0.0800. The summed E-state index contributed by atoms with van der Waals surface area (Å²) >= 11 is 0. The zero-order valence-electron chi connectivity index (χ0n) is 9.67. The van der Waals surface area contributed by atoms with E-state index in [0.717, 1.165) is 12.8 Å². The first kappa shape index (κ1) is 11.4. The Kier molecular flexibility index (Phi) is 3.36. The monoisotopic (exact) mass is 212 g/mol. The van der Waals surface area contributed by atoms with Crippen molar-refractivity contribution in [1.29, 1.82) is 0 Å². The van der Waals surface area contributed by atoms with Crippen LogP contribution in [0.2, 0.25) is 0 Å². The van der Waals surface area contributed by atoms with Gasteiger partial charge in [-0.15, -0.1) is 0 Å². The van der Waals surface area contributed by atoms with Gasteiger partial charge in [-0.25, -0.2) is 0 Å². The molecular formula is C13H24O2. The minimum atomic E-state index is -0.555. The van der Waals surface area contributed by atoms with E-state index in [9.17, 15) is 5.11 Å². The summed E-state index contributed by atoms with van der Waals surface area (Å²) in [7, 11) is 0. The Balaban J connectivity index is 2.16. The molecule has 0 radical (unpaired) electrons. The van der Waals surface area contributed by atoms with Crippen LogP contribution >= 0.6 is 0 Å². The molecule has 2 aliphatic carbocycles. The summed E-state index contributed by atoms with van der Waals surface area (Å²) in [5.41, 5.74) is -0.396. The third-order valence-corrected chi connectivity index (χ3v) is 4.82. The topological polar surface area (TPSA) is 40.5 Å². The van der Waals surface area contributed by atoms with E-state index >= 15 is 0 Å². The highest BCUT2D eigenvalue weighted by atomic mass is 16.3. The van der Waals surface area contributed by atoms with Crippen LogP contribution in [0, 0.1) is 5.41 Å². The van der Waals surface area contributed by atoms with Gasteiger partial charge in [-0.2, -0.15) is 0 Å². The lowest BCUT2D eigenvalue weighted by Gasteiger charge is -2.53. The summed E-state index contributed by atoms with van der Waals surface area (Å²) in [4.78, 5) is 0. The standard InChI is InChI=1S/C13H24O2/c14-11-10-13(15)9-5-4-8-12(13)6-2-1-3-7-12/h14-15H,1-11H2. The third-order valence-electron chi connectivity index (χ3n) is 4.82. The van der Waals surface area contributed by atoms with Crippen LogP contribution in [0.25, 0.3) is 0 Å². The van der Waals surface area contributed by atoms with Gasteiger partial charge >= 0.3 is 0 Å². The summed E-state index contributed by atoms with van der Waals surface area (Å²) in [6.07, 6.45) is 11.3. The Morgan fingerprint density at radius 1 is 0.800 bits per heavy atom. The molecule has 0 aromatic carbocycles. The van der Waals surface area contributed by atoms with Crippen molar-refractivity contribution in [1.82, 2.24) is 0 Å². The van der Waals surface area contributed by atoms with Crippen LogP contribution in [0.5, 0.6) is 0 Å². The fourth-order valence-electron chi connectivity index (χ4n) is 3.90. The largest absolute Gasteiger partial charge is 0.396 e. The maximum Gasteiger partial charge on any atom is 0.0725 e. The molecule has 2 nitrogen and oxygen atoms in total. The molecule has 1 unspecified atom stereocenters. The number of aliphatic hydroxyl groups excluding tert-OH is 1. The van der Waals surface area contributed by atoms with Gasteiger partial charge in [0.15, 0.2) is 0 Å². The highest BCUT2D eigenvalue weighted by Crippen LogP contribution is 2.54. The summed E-state index contributed by atoms with van der Waals surface area (Å²) in [5.74, 6) is 0. The van der Waals surface area contributed by atoms with E-state index in [0.29, 0.717) is 6.42 Å². The number of aliphatic hydroxyl groups is 2. The van der Waals surface area contributed by atoms with Crippen LogP contribution in [0.1, 0.15) is 64.2 Å². The number of hydrogen-bond donors (Lipinski definition) is 2. The van der Waals surface area contributed by atoms with Gasteiger partial charge in [-0.1, -0.05) is 32.1 Å². The van der Waals surface area contributed by atoms with E-state index in [4.69, 9.17) is 5.11 Å². The van der Waals surface area contributed by atoms with Gasteiger partial charge < -0.3 is 10.2 Å². The van der Waals surface area contributed by atoms with E-state index in [1.54, 1.807) is 0 Å². The average Bonchev–Trinajstić information content (AvgIpc) is 2.25. The van der Waals surface area contributed by atoms with Gasteiger partial charge in [0.1, 0.15) is 0 Å². The Bertz CT molecular complexity index is 196. The van der Waals surface area contributed by atoms with Crippen molar-refractivity contribution in [2.75, 3.05) is 6.61 Å². The minimum Gasteiger partial charge on any atom is -0.396 e. The first-order valence-electron chi connectivity index (χ1n) is 6.56. The Morgan fingerprint density at radius 3 is 1.93 bits per heavy atom. The van der Waals surface area contributed by atoms with E-state index in [1.807, 2.05) is 0 Å². The van der Waals surface area contributed by atoms with Crippen molar-refractivity contribution < 1.29 is 10.2 Å². The molecule has 2 N–H and O–H groups in total. The fraction of sp³-hybridized carbons (Fsp3) is 1.00. The second kappa shape index (κ2) is 4.42. The maximum atomic E-state index is 10.8. The lowest BCUT2D eigenvalue weighted by molar-refractivity contribution is -0.142. The third kappa shape index (κ3) is 1.94. The van der Waals surface area contributed by atoms with Crippen molar-refractivity contribution in [3.63, 3.8) is 0 Å². The van der Waals surface area contributed by atoms with E-state index in [1.165, 1.54) is 44.9 Å². The maximum absolute atomic E-state index is 10.8. The van der Waals surface area contributed by atoms with Gasteiger partial charge in [0.25, 0.3) is 0 Å². The molecule has 2 heteroatoms. The summed E-state index contributed by atoms with van der Waals surface area (Å²) in [5, 5.41) is 19.9. The van der Waals surface area contributed by atoms with Gasteiger partial charge in [-0.05, 0) is 37.5 Å². The molecule has 2 fully saturated rings. The van der Waals surface area contributed by atoms with E-state index in [-0.39, 0.29) is 12.0 Å². The number of rotatable bonds is 2. The van der Waals surface area contributed by atoms with Gasteiger partial charge in [0.2, 0.25) is 0 Å². The molecule has 2 rings (SSSR count). The Morgan fingerprint density at radius 2 is 1.33 bits per heavy atom. The molecule has 0 saturated heterocycles. The van der Waals surface area contributed by atoms with Crippen molar-refractivity contribution >= 4 is 0 Å². The first-order chi connectivity index (χ1) is 7.22. The fourth-order valence-corrected chi connectivity index (χ4v) is 3.90. The molecular weight excluding hydrogens is 188 g/mol. The minimum absolute atomic E-state index is 0.137. The van der Waals surface area contributed by atoms with Crippen LogP contribution in [0.15, 0.2) is 0 Å². The zero-order valence-corrected chi connectivity index (χ0v) is 9.67. The molecule has 0 bridgehead atoms. The second-order valence-electron chi connectivity index (χ2n) is 5.55. The van der Waals surface area contributed by atoms with Crippen molar-refractivity contribution in [3.05, 3.63) is 0 Å². The van der Waals surface area contributed by atoms with Crippen molar-refractivity contribution in [3.8, 4) is 0 Å². The normalized spacial score (nSPS) is 35.6. The molecule has 1 atom stereocenters. The van der Waals surface area contributed by atoms with Crippen molar-refractivity contribution in [2.24, 2.45) is 5.41 Å². The second-order valence-corrected chi connectivity index (χ2v) is 5.55. The smallest absolute Gasteiger partial charge is 0.0725 e. The average molecular weight is 212 g/mol. The van der Waals surface area contributed by atoms with Gasteiger partial charge in [0, 0.05) is 6.61 Å². The molecule has 1 spiro atoms. The summed E-state index contributed by atoms with van der Waals surface area (Å²) in [6, 6.07) is 0. The zero-order chi connectivity index (χ0) is 10.8. The molecule has 0 amide bonds. The lowest BCUT2D eigenvalue weighted by Crippen LogP contribution is -2.52.